The summed E-state index contributed by atoms with van der Waals surface area (Å²) in [6, 6.07) is 0. The molecule has 3 heterocycles. The molecule has 3 aliphatic heterocycles. The standard InChI is InChI=1S/C10H21N.C8H17N.C7H15N/c1-10(2,3)11-8-6-4-5-7-9-11;1-8(2,3)9-6-4-5-7-9;1-7(2,3)8-5-4-6-8/h4-9H2,1-3H3;4-7H2,1-3H3;4-6H2,1-3H3. The smallest absolute Gasteiger partial charge is 0.0125 e. The van der Waals surface area contributed by atoms with Crippen LogP contribution in [0.4, 0.5) is 0 Å². The average molecular weight is 396 g/mol. The Morgan fingerprint density at radius 3 is 0.714 bits per heavy atom. The van der Waals surface area contributed by atoms with Crippen LogP contribution in [-0.2, 0) is 0 Å². The summed E-state index contributed by atoms with van der Waals surface area (Å²) in [4.78, 5) is 7.65. The molecule has 28 heavy (non-hydrogen) atoms. The number of rotatable bonds is 0. The van der Waals surface area contributed by atoms with Gasteiger partial charge in [-0.15, -0.1) is 0 Å². The van der Waals surface area contributed by atoms with Gasteiger partial charge in [0.15, 0.2) is 0 Å². The minimum absolute atomic E-state index is 0.393. The Hall–Kier alpha value is -0.120. The van der Waals surface area contributed by atoms with Gasteiger partial charge in [-0.25, -0.2) is 0 Å². The van der Waals surface area contributed by atoms with Crippen molar-refractivity contribution in [3.8, 4) is 0 Å². The molecule has 0 aromatic rings. The number of nitrogens with zero attached hydrogens (tertiary/aromatic N) is 3. The summed E-state index contributed by atoms with van der Waals surface area (Å²) in [5.74, 6) is 0. The van der Waals surface area contributed by atoms with E-state index >= 15 is 0 Å². The molecule has 3 fully saturated rings. The second-order valence-corrected chi connectivity index (χ2v) is 11.9. The van der Waals surface area contributed by atoms with E-state index in [9.17, 15) is 0 Å². The van der Waals surface area contributed by atoms with Crippen LogP contribution in [-0.4, -0.2) is 70.6 Å². The highest BCUT2D eigenvalue weighted by Gasteiger charge is 2.25. The van der Waals surface area contributed by atoms with Crippen molar-refractivity contribution in [1.29, 1.82) is 0 Å². The maximum atomic E-state index is 2.61. The van der Waals surface area contributed by atoms with Gasteiger partial charge in [-0.2, -0.15) is 0 Å². The molecule has 3 saturated heterocycles. The van der Waals surface area contributed by atoms with E-state index in [1.165, 1.54) is 84.2 Å². The third kappa shape index (κ3) is 10.1. The van der Waals surface area contributed by atoms with Gasteiger partial charge in [0.05, 0.1) is 0 Å². The van der Waals surface area contributed by atoms with Crippen LogP contribution in [0.3, 0.4) is 0 Å². The van der Waals surface area contributed by atoms with E-state index in [2.05, 4.69) is 77.0 Å². The van der Waals surface area contributed by atoms with Crippen LogP contribution in [0.1, 0.15) is 107 Å². The summed E-state index contributed by atoms with van der Waals surface area (Å²) in [6.07, 6.45) is 9.87. The lowest BCUT2D eigenvalue weighted by molar-refractivity contribution is 0.0690. The molecule has 3 aliphatic rings. The molecule has 0 unspecified atom stereocenters. The van der Waals surface area contributed by atoms with Crippen LogP contribution in [0.2, 0.25) is 0 Å². The Kier molecular flexibility index (Phi) is 10.5. The van der Waals surface area contributed by atoms with Crippen LogP contribution in [0, 0.1) is 0 Å². The van der Waals surface area contributed by atoms with E-state index in [4.69, 9.17) is 0 Å². The van der Waals surface area contributed by atoms with Crippen molar-refractivity contribution >= 4 is 0 Å². The predicted octanol–water partition coefficient (Wildman–Crippen LogP) is 6.03. The molecule has 0 spiro atoms. The largest absolute Gasteiger partial charge is 0.298 e. The molecule has 0 N–H and O–H groups in total. The first-order valence-electron chi connectivity index (χ1n) is 12.1. The lowest BCUT2D eigenvalue weighted by Crippen LogP contribution is -2.49. The summed E-state index contributed by atoms with van der Waals surface area (Å²) in [7, 11) is 0. The highest BCUT2D eigenvalue weighted by atomic mass is 15.2. The van der Waals surface area contributed by atoms with Crippen molar-refractivity contribution in [3.63, 3.8) is 0 Å². The molecule has 168 valence electrons. The van der Waals surface area contributed by atoms with Gasteiger partial charge in [0.1, 0.15) is 0 Å². The SMILES string of the molecule is CC(C)(C)N1CCC1.CC(C)(C)N1CCCC1.CC(C)(C)N1CCCCCC1. The fraction of sp³-hybridized carbons (Fsp3) is 1.00. The topological polar surface area (TPSA) is 9.72 Å². The van der Waals surface area contributed by atoms with E-state index in [-0.39, 0.29) is 0 Å². The Balaban J connectivity index is 0.000000213. The van der Waals surface area contributed by atoms with E-state index in [1.54, 1.807) is 0 Å². The quantitative estimate of drug-likeness (QED) is 0.495. The van der Waals surface area contributed by atoms with E-state index in [1.807, 2.05) is 0 Å². The van der Waals surface area contributed by atoms with E-state index in [0.717, 1.165) is 0 Å². The lowest BCUT2D eigenvalue weighted by atomic mass is 10.0. The Morgan fingerprint density at radius 2 is 0.536 bits per heavy atom. The van der Waals surface area contributed by atoms with Crippen LogP contribution >= 0.6 is 0 Å². The maximum Gasteiger partial charge on any atom is 0.0125 e. The van der Waals surface area contributed by atoms with Gasteiger partial charge in [-0.1, -0.05) is 12.8 Å². The molecule has 3 rings (SSSR count). The van der Waals surface area contributed by atoms with Crippen molar-refractivity contribution in [3.05, 3.63) is 0 Å². The van der Waals surface area contributed by atoms with E-state index < -0.39 is 0 Å². The van der Waals surface area contributed by atoms with Gasteiger partial charge in [-0.3, -0.25) is 14.7 Å². The molecule has 0 bridgehead atoms. The van der Waals surface area contributed by atoms with E-state index in [0.29, 0.717) is 16.6 Å². The van der Waals surface area contributed by atoms with Crippen molar-refractivity contribution in [2.75, 3.05) is 39.3 Å². The highest BCUT2D eigenvalue weighted by molar-refractivity contribution is 4.82. The second-order valence-electron chi connectivity index (χ2n) is 11.9. The number of hydrogen-bond acceptors (Lipinski definition) is 3. The fourth-order valence-electron chi connectivity index (χ4n) is 4.12. The van der Waals surface area contributed by atoms with Crippen molar-refractivity contribution in [1.82, 2.24) is 14.7 Å². The van der Waals surface area contributed by atoms with Gasteiger partial charge in [0.25, 0.3) is 0 Å². The monoisotopic (exact) mass is 395 g/mol. The molecule has 0 aromatic carbocycles. The molecule has 0 aliphatic carbocycles. The summed E-state index contributed by atoms with van der Waals surface area (Å²) in [5, 5.41) is 0. The summed E-state index contributed by atoms with van der Waals surface area (Å²) in [6.45, 7) is 28.5. The molecule has 0 atom stereocenters. The van der Waals surface area contributed by atoms with Gasteiger partial charge in [0, 0.05) is 16.6 Å². The summed E-state index contributed by atoms with van der Waals surface area (Å²) < 4.78 is 0. The molecule has 0 aromatic heterocycles. The Labute approximate surface area is 178 Å². The minimum Gasteiger partial charge on any atom is -0.298 e. The molecule has 0 radical (unpaired) electrons. The maximum absolute atomic E-state index is 2.61. The zero-order valence-corrected chi connectivity index (χ0v) is 21.0. The summed E-state index contributed by atoms with van der Waals surface area (Å²) in [5.41, 5.74) is 1.24. The normalized spacial score (nSPS) is 23.0. The first kappa shape index (κ1) is 25.9. The first-order valence-corrected chi connectivity index (χ1v) is 12.1. The Bertz CT molecular complexity index is 393. The van der Waals surface area contributed by atoms with Crippen LogP contribution in [0.5, 0.6) is 0 Å². The molecule has 0 amide bonds. The minimum atomic E-state index is 0.393. The van der Waals surface area contributed by atoms with Crippen molar-refractivity contribution in [2.45, 2.75) is 124 Å². The van der Waals surface area contributed by atoms with Gasteiger partial charge in [0.2, 0.25) is 0 Å². The predicted molar refractivity (Wildman–Crippen MR) is 126 cm³/mol. The Morgan fingerprint density at radius 1 is 0.321 bits per heavy atom. The van der Waals surface area contributed by atoms with Gasteiger partial charge < -0.3 is 0 Å². The molecular weight excluding hydrogens is 342 g/mol. The average Bonchev–Trinajstić information content (AvgIpc) is 2.86. The molecule has 3 heteroatoms. The fourth-order valence-corrected chi connectivity index (χ4v) is 4.12. The van der Waals surface area contributed by atoms with Gasteiger partial charge in [-0.05, 0) is 134 Å². The van der Waals surface area contributed by atoms with Crippen LogP contribution in [0.15, 0.2) is 0 Å². The molecule has 0 saturated carbocycles. The summed E-state index contributed by atoms with van der Waals surface area (Å²) >= 11 is 0. The third-order valence-electron chi connectivity index (χ3n) is 6.41. The van der Waals surface area contributed by atoms with Crippen LogP contribution < -0.4 is 0 Å². The molecule has 3 nitrogen and oxygen atoms in total. The number of hydrogen-bond donors (Lipinski definition) is 0. The highest BCUT2D eigenvalue weighted by Crippen LogP contribution is 2.20. The third-order valence-corrected chi connectivity index (χ3v) is 6.41. The lowest BCUT2D eigenvalue weighted by Gasteiger charge is -2.42. The van der Waals surface area contributed by atoms with Crippen LogP contribution in [0.25, 0.3) is 0 Å². The first-order chi connectivity index (χ1) is 12.8. The zero-order valence-electron chi connectivity index (χ0n) is 21.0. The molecular formula is C25H53N3. The zero-order chi connectivity index (χ0) is 21.4. The van der Waals surface area contributed by atoms with Gasteiger partial charge >= 0.3 is 0 Å². The second kappa shape index (κ2) is 11.3. The van der Waals surface area contributed by atoms with Crippen molar-refractivity contribution in [2.24, 2.45) is 0 Å². The van der Waals surface area contributed by atoms with Crippen molar-refractivity contribution < 1.29 is 0 Å². The number of likely N-dealkylation sites (tertiary alicyclic amines) is 3.